The van der Waals surface area contributed by atoms with E-state index in [9.17, 15) is 13.2 Å². The molecule has 0 aliphatic carbocycles. The van der Waals surface area contributed by atoms with Crippen LogP contribution >= 0.6 is 11.6 Å². The molecule has 1 heterocycles. The van der Waals surface area contributed by atoms with Gasteiger partial charge in [0, 0.05) is 13.1 Å². The molecule has 0 radical (unpaired) electrons. The average Bonchev–Trinajstić information content (AvgIpc) is 3.23. The zero-order valence-electron chi connectivity index (χ0n) is 16.5. The molecular weight excluding hydrogens is 412 g/mol. The second kappa shape index (κ2) is 9.15. The minimum atomic E-state index is -3.62. The molecular formula is C21H25ClN2O4S. The maximum atomic E-state index is 12.8. The molecule has 2 aromatic carbocycles. The van der Waals surface area contributed by atoms with Crippen molar-refractivity contribution in [3.8, 4) is 5.75 Å². The summed E-state index contributed by atoms with van der Waals surface area (Å²) in [5.41, 5.74) is 1.27. The average molecular weight is 437 g/mol. The summed E-state index contributed by atoms with van der Waals surface area (Å²) in [4.78, 5) is 12.8. The highest BCUT2D eigenvalue weighted by molar-refractivity contribution is 7.89. The van der Waals surface area contributed by atoms with E-state index in [1.165, 1.54) is 22.5 Å². The molecule has 1 aliphatic heterocycles. The van der Waals surface area contributed by atoms with Gasteiger partial charge in [-0.25, -0.2) is 8.42 Å². The van der Waals surface area contributed by atoms with Crippen molar-refractivity contribution in [3.63, 3.8) is 0 Å². The third-order valence-corrected chi connectivity index (χ3v) is 7.01. The van der Waals surface area contributed by atoms with E-state index in [4.69, 9.17) is 16.3 Å². The van der Waals surface area contributed by atoms with Crippen LogP contribution in [0, 0.1) is 6.92 Å². The van der Waals surface area contributed by atoms with E-state index in [0.717, 1.165) is 18.4 Å². The zero-order chi connectivity index (χ0) is 21.0. The van der Waals surface area contributed by atoms with E-state index in [1.54, 1.807) is 0 Å². The van der Waals surface area contributed by atoms with Crippen LogP contribution in [0.25, 0.3) is 0 Å². The van der Waals surface area contributed by atoms with Crippen molar-refractivity contribution in [3.05, 3.63) is 58.6 Å². The molecule has 0 spiro atoms. The fourth-order valence-corrected chi connectivity index (χ4v) is 4.86. The lowest BCUT2D eigenvalue weighted by Crippen LogP contribution is -2.37. The smallest absolute Gasteiger partial charge is 0.253 e. The predicted molar refractivity (Wildman–Crippen MR) is 113 cm³/mol. The zero-order valence-corrected chi connectivity index (χ0v) is 18.1. The molecule has 1 saturated heterocycles. The summed E-state index contributed by atoms with van der Waals surface area (Å²) in [7, 11) is -3.62. The summed E-state index contributed by atoms with van der Waals surface area (Å²) >= 11 is 6.17. The third-order valence-electron chi connectivity index (χ3n) is 4.78. The second-order valence-corrected chi connectivity index (χ2v) is 9.60. The molecule has 1 atom stereocenters. The van der Waals surface area contributed by atoms with Crippen LogP contribution in [0.4, 0.5) is 0 Å². The van der Waals surface area contributed by atoms with Crippen LogP contribution in [0.3, 0.4) is 0 Å². The highest BCUT2D eigenvalue weighted by Gasteiger charge is 2.28. The minimum Gasteiger partial charge on any atom is -0.491 e. The molecule has 29 heavy (non-hydrogen) atoms. The standard InChI is InChI=1S/C21H25ClN2O4S/c1-15-5-7-17(8-6-15)28-14-16(2)23-21(25)19-13-18(9-10-20(19)22)29(26,27)24-11-3-4-12-24/h5-10,13,16H,3-4,11-12,14H2,1-2H3,(H,23,25)/t16-/m0/s1. The summed E-state index contributed by atoms with van der Waals surface area (Å²) in [6.45, 7) is 5.08. The Labute approximate surface area is 176 Å². The van der Waals surface area contributed by atoms with Gasteiger partial charge >= 0.3 is 0 Å². The van der Waals surface area contributed by atoms with Crippen molar-refractivity contribution >= 4 is 27.5 Å². The Hall–Kier alpha value is -2.09. The first-order chi connectivity index (χ1) is 13.8. The minimum absolute atomic E-state index is 0.0810. The summed E-state index contributed by atoms with van der Waals surface area (Å²) in [5.74, 6) is 0.280. The largest absolute Gasteiger partial charge is 0.491 e. The monoisotopic (exact) mass is 436 g/mol. The lowest BCUT2D eigenvalue weighted by molar-refractivity contribution is 0.0926. The number of halogens is 1. The molecule has 0 aromatic heterocycles. The number of ether oxygens (including phenoxy) is 1. The Morgan fingerprint density at radius 1 is 1.17 bits per heavy atom. The van der Waals surface area contributed by atoms with Crippen LogP contribution in [0.15, 0.2) is 47.4 Å². The second-order valence-electron chi connectivity index (χ2n) is 7.25. The summed E-state index contributed by atoms with van der Waals surface area (Å²) < 4.78 is 32.6. The first-order valence-electron chi connectivity index (χ1n) is 9.57. The SMILES string of the molecule is Cc1ccc(OC[C@H](C)NC(=O)c2cc(S(=O)(=O)N3CCCC3)ccc2Cl)cc1. The number of amides is 1. The van der Waals surface area contributed by atoms with Crippen molar-refractivity contribution in [2.75, 3.05) is 19.7 Å². The molecule has 3 rings (SSSR count). The number of aryl methyl sites for hydroxylation is 1. The van der Waals surface area contributed by atoms with Crippen LogP contribution in [0.2, 0.25) is 5.02 Å². The van der Waals surface area contributed by atoms with Gasteiger partial charge in [-0.05, 0) is 57.0 Å². The van der Waals surface area contributed by atoms with Crippen molar-refractivity contribution < 1.29 is 17.9 Å². The number of nitrogens with zero attached hydrogens (tertiary/aromatic N) is 1. The van der Waals surface area contributed by atoms with E-state index in [-0.39, 0.29) is 28.1 Å². The number of hydrogen-bond donors (Lipinski definition) is 1. The van der Waals surface area contributed by atoms with Crippen molar-refractivity contribution in [1.29, 1.82) is 0 Å². The van der Waals surface area contributed by atoms with Crippen molar-refractivity contribution in [1.82, 2.24) is 9.62 Å². The van der Waals surface area contributed by atoms with Gasteiger partial charge in [-0.1, -0.05) is 29.3 Å². The van der Waals surface area contributed by atoms with Gasteiger partial charge in [-0.15, -0.1) is 0 Å². The van der Waals surface area contributed by atoms with E-state index >= 15 is 0 Å². The highest BCUT2D eigenvalue weighted by atomic mass is 35.5. The van der Waals surface area contributed by atoms with Crippen LogP contribution in [0.5, 0.6) is 5.75 Å². The normalized spacial score (nSPS) is 15.8. The first kappa shape index (κ1) is 21.6. The van der Waals surface area contributed by atoms with Gasteiger partial charge < -0.3 is 10.1 Å². The van der Waals surface area contributed by atoms with Gasteiger partial charge in [0.2, 0.25) is 10.0 Å². The topological polar surface area (TPSA) is 75.7 Å². The van der Waals surface area contributed by atoms with Crippen LogP contribution in [-0.4, -0.2) is 44.4 Å². The van der Waals surface area contributed by atoms with E-state index < -0.39 is 15.9 Å². The summed E-state index contributed by atoms with van der Waals surface area (Å²) in [6.07, 6.45) is 1.69. The van der Waals surface area contributed by atoms with E-state index in [2.05, 4.69) is 5.32 Å². The van der Waals surface area contributed by atoms with Gasteiger partial charge in [-0.3, -0.25) is 4.79 Å². The van der Waals surface area contributed by atoms with Crippen LogP contribution in [0.1, 0.15) is 35.7 Å². The third kappa shape index (κ3) is 5.29. The van der Waals surface area contributed by atoms with E-state index in [0.29, 0.717) is 18.8 Å². The van der Waals surface area contributed by atoms with Crippen LogP contribution < -0.4 is 10.1 Å². The molecule has 8 heteroatoms. The first-order valence-corrected chi connectivity index (χ1v) is 11.4. The maximum absolute atomic E-state index is 12.8. The Balaban J connectivity index is 1.67. The number of hydrogen-bond acceptors (Lipinski definition) is 4. The summed E-state index contributed by atoms with van der Waals surface area (Å²) in [6, 6.07) is 11.6. The molecule has 0 bridgehead atoms. The number of benzene rings is 2. The molecule has 1 N–H and O–H groups in total. The Bertz CT molecular complexity index is 971. The molecule has 0 saturated carbocycles. The number of carbonyl (C=O) groups excluding carboxylic acids is 1. The number of rotatable bonds is 7. The van der Waals surface area contributed by atoms with E-state index in [1.807, 2.05) is 38.1 Å². The lowest BCUT2D eigenvalue weighted by atomic mass is 10.2. The van der Waals surface area contributed by atoms with Gasteiger partial charge in [0.1, 0.15) is 12.4 Å². The highest BCUT2D eigenvalue weighted by Crippen LogP contribution is 2.25. The molecule has 0 unspecified atom stereocenters. The Morgan fingerprint density at radius 2 is 1.83 bits per heavy atom. The molecule has 1 amide bonds. The van der Waals surface area contributed by atoms with Gasteiger partial charge in [0.15, 0.2) is 0 Å². The number of nitrogens with one attached hydrogen (secondary N) is 1. The Kier molecular flexibility index (Phi) is 6.82. The molecule has 2 aromatic rings. The molecule has 156 valence electrons. The fraction of sp³-hybridized carbons (Fsp3) is 0.381. The number of sulfonamides is 1. The molecule has 1 fully saturated rings. The van der Waals surface area contributed by atoms with Gasteiger partial charge in [0.05, 0.1) is 21.5 Å². The predicted octanol–water partition coefficient (Wildman–Crippen LogP) is 3.63. The summed E-state index contributed by atoms with van der Waals surface area (Å²) in [5, 5.41) is 3.01. The van der Waals surface area contributed by atoms with Crippen molar-refractivity contribution in [2.24, 2.45) is 0 Å². The Morgan fingerprint density at radius 3 is 2.48 bits per heavy atom. The fourth-order valence-electron chi connectivity index (χ4n) is 3.12. The molecule has 1 aliphatic rings. The quantitative estimate of drug-likeness (QED) is 0.719. The number of carbonyl (C=O) groups is 1. The maximum Gasteiger partial charge on any atom is 0.253 e. The molecule has 6 nitrogen and oxygen atoms in total. The van der Waals surface area contributed by atoms with Crippen molar-refractivity contribution in [2.45, 2.75) is 37.6 Å². The van der Waals surface area contributed by atoms with Gasteiger partial charge in [-0.2, -0.15) is 4.31 Å². The van der Waals surface area contributed by atoms with Gasteiger partial charge in [0.25, 0.3) is 5.91 Å². The van der Waals surface area contributed by atoms with Crippen LogP contribution in [-0.2, 0) is 10.0 Å². The lowest BCUT2D eigenvalue weighted by Gasteiger charge is -2.18.